The second kappa shape index (κ2) is 3.94. The molecule has 0 aromatic heterocycles. The zero-order valence-corrected chi connectivity index (χ0v) is 7.18. The van der Waals surface area contributed by atoms with Crippen LogP contribution in [-0.2, 0) is 9.59 Å². The summed E-state index contributed by atoms with van der Waals surface area (Å²) in [5.41, 5.74) is 0.0799. The summed E-state index contributed by atoms with van der Waals surface area (Å²) < 4.78 is 0. The number of amides is 3. The van der Waals surface area contributed by atoms with Crippen molar-refractivity contribution in [3.8, 4) is 0 Å². The highest BCUT2D eigenvalue weighted by Crippen LogP contribution is 2.07. The molecule has 1 aliphatic heterocycles. The van der Waals surface area contributed by atoms with Gasteiger partial charge >= 0.3 is 12.0 Å². The summed E-state index contributed by atoms with van der Waals surface area (Å²) in [6.07, 6.45) is 0. The number of rotatable bonds is 3. The van der Waals surface area contributed by atoms with Crippen LogP contribution in [0.3, 0.4) is 0 Å². The molecule has 6 nitrogen and oxygen atoms in total. The van der Waals surface area contributed by atoms with Gasteiger partial charge in [0.15, 0.2) is 0 Å². The first kappa shape index (κ1) is 9.59. The fourth-order valence-electron chi connectivity index (χ4n) is 0.660. The highest BCUT2D eigenvalue weighted by molar-refractivity contribution is 8.02. The van der Waals surface area contributed by atoms with Crippen molar-refractivity contribution < 1.29 is 19.5 Å². The Labute approximate surface area is 77.4 Å². The summed E-state index contributed by atoms with van der Waals surface area (Å²) in [6, 6.07) is -0.591. The van der Waals surface area contributed by atoms with Gasteiger partial charge in [0.2, 0.25) is 0 Å². The van der Waals surface area contributed by atoms with Crippen molar-refractivity contribution in [3.05, 3.63) is 11.1 Å². The van der Waals surface area contributed by atoms with E-state index in [2.05, 4.69) is 5.32 Å². The Morgan fingerprint density at radius 2 is 2.15 bits per heavy atom. The fourth-order valence-corrected chi connectivity index (χ4v) is 1.22. The highest BCUT2D eigenvalue weighted by atomic mass is 32.2. The van der Waals surface area contributed by atoms with E-state index >= 15 is 0 Å². The summed E-state index contributed by atoms with van der Waals surface area (Å²) in [4.78, 5) is 31.5. The average molecular weight is 202 g/mol. The standard InChI is InChI=1S/C6H6N2O4S/c9-4(10)2-13-1-3-5(11)8-6(12)7-3/h1H,2H2,(H,9,10)(H2,7,8,11,12)/b3-1+. The fraction of sp³-hybridized carbons (Fsp3) is 0.167. The van der Waals surface area contributed by atoms with Crippen LogP contribution < -0.4 is 10.6 Å². The Balaban J connectivity index is 2.47. The molecule has 1 heterocycles. The predicted molar refractivity (Wildman–Crippen MR) is 44.9 cm³/mol. The second-order valence-corrected chi connectivity index (χ2v) is 3.00. The molecule has 3 amide bonds. The van der Waals surface area contributed by atoms with Crippen LogP contribution in [0.25, 0.3) is 0 Å². The van der Waals surface area contributed by atoms with E-state index in [0.29, 0.717) is 0 Å². The molecule has 1 saturated heterocycles. The van der Waals surface area contributed by atoms with Crippen LogP contribution in [0.1, 0.15) is 0 Å². The van der Waals surface area contributed by atoms with Gasteiger partial charge < -0.3 is 10.4 Å². The number of nitrogens with one attached hydrogen (secondary N) is 2. The number of carboxylic acids is 1. The second-order valence-electron chi connectivity index (χ2n) is 2.14. The maximum atomic E-state index is 10.8. The number of carbonyl (C=O) groups is 3. The predicted octanol–water partition coefficient (Wildman–Crippen LogP) is -0.515. The van der Waals surface area contributed by atoms with E-state index in [1.54, 1.807) is 0 Å². The van der Waals surface area contributed by atoms with Crippen molar-refractivity contribution >= 4 is 29.7 Å². The van der Waals surface area contributed by atoms with Gasteiger partial charge in [-0.25, -0.2) is 4.79 Å². The third-order valence-corrected chi connectivity index (χ3v) is 1.94. The molecule has 0 atom stereocenters. The topological polar surface area (TPSA) is 95.5 Å². The SMILES string of the molecule is O=C(O)CS/C=C1/NC(=O)NC1=O. The van der Waals surface area contributed by atoms with Crippen molar-refractivity contribution in [1.82, 2.24) is 10.6 Å². The van der Waals surface area contributed by atoms with Crippen molar-refractivity contribution in [2.45, 2.75) is 0 Å². The molecule has 1 rings (SSSR count). The first-order valence-electron chi connectivity index (χ1n) is 3.25. The number of imide groups is 1. The Morgan fingerprint density at radius 3 is 2.62 bits per heavy atom. The van der Waals surface area contributed by atoms with Crippen molar-refractivity contribution in [3.63, 3.8) is 0 Å². The van der Waals surface area contributed by atoms with E-state index < -0.39 is 17.9 Å². The van der Waals surface area contributed by atoms with Gasteiger partial charge in [-0.3, -0.25) is 14.9 Å². The number of aliphatic carboxylic acids is 1. The molecule has 1 fully saturated rings. The van der Waals surface area contributed by atoms with Crippen molar-refractivity contribution in [2.75, 3.05) is 5.75 Å². The summed E-state index contributed by atoms with van der Waals surface area (Å²) in [6.45, 7) is 0. The van der Waals surface area contributed by atoms with Crippen molar-refractivity contribution in [2.24, 2.45) is 0 Å². The lowest BCUT2D eigenvalue weighted by molar-refractivity contribution is -0.133. The monoisotopic (exact) mass is 202 g/mol. The van der Waals surface area contributed by atoms with E-state index in [1.807, 2.05) is 5.32 Å². The van der Waals surface area contributed by atoms with E-state index in [1.165, 1.54) is 5.41 Å². The molecule has 3 N–H and O–H groups in total. The van der Waals surface area contributed by atoms with Gasteiger partial charge in [0.05, 0.1) is 5.75 Å². The van der Waals surface area contributed by atoms with Crippen molar-refractivity contribution in [1.29, 1.82) is 0 Å². The molecule has 0 radical (unpaired) electrons. The van der Waals surface area contributed by atoms with Gasteiger partial charge in [-0.1, -0.05) is 0 Å². The molecule has 1 aliphatic rings. The first-order chi connectivity index (χ1) is 6.09. The third kappa shape index (κ3) is 2.79. The van der Waals surface area contributed by atoms with Crippen LogP contribution in [-0.4, -0.2) is 28.8 Å². The molecular weight excluding hydrogens is 196 g/mol. The summed E-state index contributed by atoms with van der Waals surface area (Å²) in [7, 11) is 0. The number of hydrogen-bond acceptors (Lipinski definition) is 4. The minimum absolute atomic E-state index is 0.0799. The Kier molecular flexibility index (Phi) is 2.91. The molecule has 0 aliphatic carbocycles. The zero-order chi connectivity index (χ0) is 9.84. The van der Waals surface area contributed by atoms with E-state index in [-0.39, 0.29) is 11.4 Å². The lowest BCUT2D eigenvalue weighted by atomic mass is 10.5. The molecule has 0 saturated carbocycles. The Morgan fingerprint density at radius 1 is 1.46 bits per heavy atom. The molecule has 0 unspecified atom stereocenters. The molecule has 0 aromatic carbocycles. The molecule has 0 spiro atoms. The van der Waals surface area contributed by atoms with Crippen LogP contribution in [0, 0.1) is 0 Å². The number of carboxylic acid groups (broad SMARTS) is 1. The normalized spacial score (nSPS) is 18.6. The average Bonchev–Trinajstić information content (AvgIpc) is 2.29. The number of carbonyl (C=O) groups excluding carboxylic acids is 2. The van der Waals surface area contributed by atoms with Gasteiger partial charge in [0.25, 0.3) is 5.91 Å². The summed E-state index contributed by atoms with van der Waals surface area (Å²) >= 11 is 0.927. The lowest BCUT2D eigenvalue weighted by Crippen LogP contribution is -2.22. The van der Waals surface area contributed by atoms with Gasteiger partial charge in [0.1, 0.15) is 5.70 Å². The Hall–Kier alpha value is -1.50. The summed E-state index contributed by atoms with van der Waals surface area (Å²) in [5.74, 6) is -1.67. The van der Waals surface area contributed by atoms with Crippen LogP contribution in [0.5, 0.6) is 0 Å². The first-order valence-corrected chi connectivity index (χ1v) is 4.30. The quantitative estimate of drug-likeness (QED) is 0.423. The maximum absolute atomic E-state index is 10.8. The highest BCUT2D eigenvalue weighted by Gasteiger charge is 2.22. The minimum atomic E-state index is -0.980. The van der Waals surface area contributed by atoms with Gasteiger partial charge in [-0.2, -0.15) is 0 Å². The lowest BCUT2D eigenvalue weighted by Gasteiger charge is -1.91. The van der Waals surface area contributed by atoms with Crippen LogP contribution in [0.4, 0.5) is 4.79 Å². The van der Waals surface area contributed by atoms with E-state index in [0.717, 1.165) is 11.8 Å². The maximum Gasteiger partial charge on any atom is 0.326 e. The van der Waals surface area contributed by atoms with E-state index in [9.17, 15) is 14.4 Å². The largest absolute Gasteiger partial charge is 0.481 e. The summed E-state index contributed by atoms with van der Waals surface area (Å²) in [5, 5.41) is 13.8. The van der Waals surface area contributed by atoms with Gasteiger partial charge in [-0.05, 0) is 0 Å². The molecule has 0 bridgehead atoms. The smallest absolute Gasteiger partial charge is 0.326 e. The van der Waals surface area contributed by atoms with Gasteiger partial charge in [-0.15, -0.1) is 11.8 Å². The molecule has 70 valence electrons. The molecule has 7 heteroatoms. The van der Waals surface area contributed by atoms with Crippen LogP contribution >= 0.6 is 11.8 Å². The molecular formula is C6H6N2O4S. The minimum Gasteiger partial charge on any atom is -0.481 e. The zero-order valence-electron chi connectivity index (χ0n) is 6.36. The van der Waals surface area contributed by atoms with Gasteiger partial charge in [0, 0.05) is 5.41 Å². The number of urea groups is 1. The molecule has 13 heavy (non-hydrogen) atoms. The number of hydrogen-bond donors (Lipinski definition) is 3. The van der Waals surface area contributed by atoms with Crippen LogP contribution in [0.15, 0.2) is 11.1 Å². The van der Waals surface area contributed by atoms with Crippen LogP contribution in [0.2, 0.25) is 0 Å². The third-order valence-electron chi connectivity index (χ3n) is 1.13. The number of thioether (sulfide) groups is 1. The Bertz CT molecular complexity index is 299. The molecule has 0 aromatic rings. The van der Waals surface area contributed by atoms with E-state index in [4.69, 9.17) is 5.11 Å².